The molecule has 138 valence electrons. The standard InChI is InChI=1S/C22H33NO2/c1-13-9-15(11-16(24)10-13)20(25)19-14(2)17(23)12-18-21(3,4)7-6-8-22(18,19)5/h9-11,14,17-19,24H,6-8,12,23H2,1-5H3/t14-,17-,18+,19-,22-/m1/s1. The molecule has 2 aliphatic carbocycles. The molecule has 2 fully saturated rings. The number of carbonyl (C=O) groups excluding carboxylic acids is 1. The fourth-order valence-electron chi connectivity index (χ4n) is 6.08. The number of fused-ring (bicyclic) bond motifs is 1. The van der Waals surface area contributed by atoms with Gasteiger partial charge in [0, 0.05) is 17.5 Å². The number of carbonyl (C=O) groups is 1. The molecule has 2 saturated carbocycles. The molecule has 0 aromatic heterocycles. The topological polar surface area (TPSA) is 63.3 Å². The third-order valence-corrected chi connectivity index (χ3v) is 7.32. The number of phenolic OH excluding ortho intramolecular Hbond substituents is 1. The highest BCUT2D eigenvalue weighted by Gasteiger charge is 2.57. The molecule has 25 heavy (non-hydrogen) atoms. The average molecular weight is 344 g/mol. The molecule has 3 rings (SSSR count). The van der Waals surface area contributed by atoms with E-state index < -0.39 is 0 Å². The molecule has 3 N–H and O–H groups in total. The van der Waals surface area contributed by atoms with Gasteiger partial charge in [0.25, 0.3) is 0 Å². The first kappa shape index (κ1) is 18.4. The fraction of sp³-hybridized carbons (Fsp3) is 0.682. The Bertz CT molecular complexity index is 660. The monoisotopic (exact) mass is 343 g/mol. The van der Waals surface area contributed by atoms with E-state index in [0.29, 0.717) is 11.5 Å². The molecule has 1 aromatic rings. The summed E-state index contributed by atoms with van der Waals surface area (Å²) < 4.78 is 0. The van der Waals surface area contributed by atoms with Crippen LogP contribution in [0.25, 0.3) is 0 Å². The van der Waals surface area contributed by atoms with Crippen LogP contribution in [0.4, 0.5) is 0 Å². The maximum atomic E-state index is 13.6. The second-order valence-electron chi connectivity index (χ2n) is 9.56. The van der Waals surface area contributed by atoms with Gasteiger partial charge in [-0.1, -0.05) is 34.1 Å². The number of aryl methyl sites for hydroxylation is 1. The molecule has 0 radical (unpaired) electrons. The summed E-state index contributed by atoms with van der Waals surface area (Å²) in [6.45, 7) is 11.1. The molecule has 0 amide bonds. The van der Waals surface area contributed by atoms with Gasteiger partial charge in [-0.25, -0.2) is 0 Å². The molecule has 3 nitrogen and oxygen atoms in total. The first-order valence-electron chi connectivity index (χ1n) is 9.67. The lowest BCUT2D eigenvalue weighted by Gasteiger charge is -2.60. The van der Waals surface area contributed by atoms with Crippen molar-refractivity contribution in [2.45, 2.75) is 66.3 Å². The van der Waals surface area contributed by atoms with Gasteiger partial charge in [-0.3, -0.25) is 4.79 Å². The smallest absolute Gasteiger partial charge is 0.166 e. The minimum absolute atomic E-state index is 0.0204. The minimum atomic E-state index is -0.0815. The van der Waals surface area contributed by atoms with Crippen LogP contribution in [0, 0.1) is 35.5 Å². The predicted molar refractivity (Wildman–Crippen MR) is 102 cm³/mol. The summed E-state index contributed by atoms with van der Waals surface area (Å²) in [6, 6.07) is 5.28. The number of nitrogens with two attached hydrogens (primary N) is 1. The maximum absolute atomic E-state index is 13.6. The van der Waals surface area contributed by atoms with Crippen molar-refractivity contribution in [2.75, 3.05) is 0 Å². The van der Waals surface area contributed by atoms with Crippen LogP contribution < -0.4 is 5.73 Å². The number of hydrogen-bond donors (Lipinski definition) is 2. The zero-order valence-corrected chi connectivity index (χ0v) is 16.3. The summed E-state index contributed by atoms with van der Waals surface area (Å²) in [5.74, 6) is 0.869. The van der Waals surface area contributed by atoms with Crippen molar-refractivity contribution in [2.24, 2.45) is 34.3 Å². The zero-order chi connectivity index (χ0) is 18.6. The summed E-state index contributed by atoms with van der Waals surface area (Å²) in [5, 5.41) is 9.96. The Hall–Kier alpha value is -1.35. The molecule has 0 heterocycles. The van der Waals surface area contributed by atoms with Gasteiger partial charge in [0.1, 0.15) is 5.75 Å². The molecule has 0 spiro atoms. The number of benzene rings is 1. The van der Waals surface area contributed by atoms with Crippen molar-refractivity contribution in [3.05, 3.63) is 29.3 Å². The number of rotatable bonds is 2. The minimum Gasteiger partial charge on any atom is -0.508 e. The number of hydrogen-bond acceptors (Lipinski definition) is 3. The molecular formula is C22H33NO2. The first-order chi connectivity index (χ1) is 11.6. The van der Waals surface area contributed by atoms with Crippen LogP contribution >= 0.6 is 0 Å². The molecule has 0 saturated heterocycles. The largest absolute Gasteiger partial charge is 0.508 e. The highest BCUT2D eigenvalue weighted by molar-refractivity contribution is 5.99. The zero-order valence-electron chi connectivity index (χ0n) is 16.3. The van der Waals surface area contributed by atoms with Gasteiger partial charge in [-0.15, -0.1) is 0 Å². The third-order valence-electron chi connectivity index (χ3n) is 7.32. The van der Waals surface area contributed by atoms with Crippen molar-refractivity contribution in [3.63, 3.8) is 0 Å². The SMILES string of the molecule is Cc1cc(O)cc(C(=O)[C@H]2[C@H](C)[C@H](N)C[C@H]3C(C)(C)CCC[C@@]23C)c1. The molecular weight excluding hydrogens is 310 g/mol. The van der Waals surface area contributed by atoms with E-state index in [4.69, 9.17) is 5.73 Å². The van der Waals surface area contributed by atoms with E-state index in [0.717, 1.165) is 18.4 Å². The van der Waals surface area contributed by atoms with E-state index in [-0.39, 0.29) is 40.2 Å². The van der Waals surface area contributed by atoms with Gasteiger partial charge in [0.2, 0.25) is 0 Å². The van der Waals surface area contributed by atoms with Gasteiger partial charge in [0.15, 0.2) is 5.78 Å². The van der Waals surface area contributed by atoms with Crippen LogP contribution in [0.3, 0.4) is 0 Å². The van der Waals surface area contributed by atoms with Crippen molar-refractivity contribution in [3.8, 4) is 5.75 Å². The molecule has 3 heteroatoms. The lowest BCUT2D eigenvalue weighted by Crippen LogP contribution is -2.59. The van der Waals surface area contributed by atoms with Crippen LogP contribution in [-0.4, -0.2) is 16.9 Å². The highest BCUT2D eigenvalue weighted by Crippen LogP contribution is 2.61. The van der Waals surface area contributed by atoms with E-state index in [2.05, 4.69) is 27.7 Å². The Kier molecular flexibility index (Phi) is 4.51. The van der Waals surface area contributed by atoms with E-state index in [9.17, 15) is 9.90 Å². The molecule has 5 atom stereocenters. The van der Waals surface area contributed by atoms with E-state index in [1.54, 1.807) is 12.1 Å². The number of phenols is 1. The summed E-state index contributed by atoms with van der Waals surface area (Å²) in [4.78, 5) is 13.6. The molecule has 0 aliphatic heterocycles. The van der Waals surface area contributed by atoms with E-state index in [1.807, 2.05) is 13.0 Å². The lowest BCUT2D eigenvalue weighted by atomic mass is 9.45. The highest BCUT2D eigenvalue weighted by atomic mass is 16.3. The summed E-state index contributed by atoms with van der Waals surface area (Å²) in [7, 11) is 0. The van der Waals surface area contributed by atoms with Crippen molar-refractivity contribution in [1.29, 1.82) is 0 Å². The molecule has 1 aromatic carbocycles. The van der Waals surface area contributed by atoms with E-state index in [1.165, 1.54) is 12.8 Å². The van der Waals surface area contributed by atoms with Crippen LogP contribution in [0.5, 0.6) is 5.75 Å². The van der Waals surface area contributed by atoms with Crippen LogP contribution in [0.1, 0.15) is 69.3 Å². The van der Waals surface area contributed by atoms with Gasteiger partial charge in [-0.2, -0.15) is 0 Å². The summed E-state index contributed by atoms with van der Waals surface area (Å²) in [5.41, 5.74) is 8.28. The molecule has 2 aliphatic rings. The quantitative estimate of drug-likeness (QED) is 0.765. The Morgan fingerprint density at radius 2 is 1.88 bits per heavy atom. The van der Waals surface area contributed by atoms with E-state index >= 15 is 0 Å². The second-order valence-corrected chi connectivity index (χ2v) is 9.56. The van der Waals surface area contributed by atoms with Gasteiger partial charge < -0.3 is 10.8 Å². The van der Waals surface area contributed by atoms with Crippen molar-refractivity contribution < 1.29 is 9.90 Å². The Balaban J connectivity index is 2.06. The average Bonchev–Trinajstić information content (AvgIpc) is 2.48. The predicted octanol–water partition coefficient (Wildman–Crippen LogP) is 4.70. The third kappa shape index (κ3) is 3.01. The number of aromatic hydroxyl groups is 1. The van der Waals surface area contributed by atoms with Gasteiger partial charge in [-0.05, 0) is 72.6 Å². The number of ketones is 1. The fourth-order valence-corrected chi connectivity index (χ4v) is 6.08. The number of Topliss-reactive ketones (excluding diaryl/α,β-unsaturated/α-hetero) is 1. The maximum Gasteiger partial charge on any atom is 0.166 e. The van der Waals surface area contributed by atoms with Crippen LogP contribution in [0.2, 0.25) is 0 Å². The van der Waals surface area contributed by atoms with Gasteiger partial charge in [0.05, 0.1) is 0 Å². The Morgan fingerprint density at radius 3 is 2.52 bits per heavy atom. The van der Waals surface area contributed by atoms with Crippen molar-refractivity contribution in [1.82, 2.24) is 0 Å². The van der Waals surface area contributed by atoms with Crippen LogP contribution in [-0.2, 0) is 0 Å². The van der Waals surface area contributed by atoms with Crippen LogP contribution in [0.15, 0.2) is 18.2 Å². The Labute approximate surface area is 152 Å². The first-order valence-corrected chi connectivity index (χ1v) is 9.67. The summed E-state index contributed by atoms with van der Waals surface area (Å²) >= 11 is 0. The Morgan fingerprint density at radius 1 is 1.20 bits per heavy atom. The molecule has 0 bridgehead atoms. The summed E-state index contributed by atoms with van der Waals surface area (Å²) in [6.07, 6.45) is 4.48. The van der Waals surface area contributed by atoms with Crippen molar-refractivity contribution >= 4 is 5.78 Å². The normalized spacial score (nSPS) is 37.4. The lowest BCUT2D eigenvalue weighted by molar-refractivity contribution is -0.0865. The van der Waals surface area contributed by atoms with Gasteiger partial charge >= 0.3 is 0 Å². The second kappa shape index (κ2) is 6.12. The molecule has 0 unspecified atom stereocenters.